The first-order chi connectivity index (χ1) is 13.2. The van der Waals surface area contributed by atoms with E-state index in [4.69, 9.17) is 0 Å². The monoisotopic (exact) mass is 377 g/mol. The van der Waals surface area contributed by atoms with Gasteiger partial charge in [0, 0.05) is 6.21 Å². The van der Waals surface area contributed by atoms with Crippen LogP contribution in [0.4, 0.5) is 5.69 Å². The number of nitrogens with one attached hydrogen (secondary N) is 1. The summed E-state index contributed by atoms with van der Waals surface area (Å²) in [5, 5.41) is 10.8. The highest BCUT2D eigenvalue weighted by molar-refractivity contribution is 5.84. The van der Waals surface area contributed by atoms with Crippen molar-refractivity contribution < 1.29 is 5.11 Å². The van der Waals surface area contributed by atoms with Gasteiger partial charge < -0.3 is 5.11 Å². The van der Waals surface area contributed by atoms with E-state index in [0.717, 1.165) is 32.4 Å². The highest BCUT2D eigenvalue weighted by Gasteiger charge is 2.17. The summed E-state index contributed by atoms with van der Waals surface area (Å²) < 4.78 is 1.12. The summed E-state index contributed by atoms with van der Waals surface area (Å²) in [7, 11) is 0. The third kappa shape index (κ3) is 3.53. The van der Waals surface area contributed by atoms with Crippen molar-refractivity contribution >= 4 is 11.9 Å². The van der Waals surface area contributed by atoms with E-state index in [1.54, 1.807) is 0 Å². The molecule has 2 N–H and O–H groups in total. The van der Waals surface area contributed by atoms with Gasteiger partial charge in [-0.15, -0.1) is 0 Å². The molecule has 1 aromatic heterocycles. The Kier molecular flexibility index (Phi) is 5.05. The van der Waals surface area contributed by atoms with E-state index in [2.05, 4.69) is 9.98 Å². The molecule has 0 saturated heterocycles. The van der Waals surface area contributed by atoms with Crippen molar-refractivity contribution in [3.63, 3.8) is 0 Å². The Hall–Kier alpha value is -3.41. The summed E-state index contributed by atoms with van der Waals surface area (Å²) in [6, 6.07) is 9.49. The van der Waals surface area contributed by atoms with Crippen LogP contribution in [0.25, 0.3) is 5.69 Å². The van der Waals surface area contributed by atoms with Crippen molar-refractivity contribution in [3.8, 4) is 11.6 Å². The number of aromatic hydroxyl groups is 1. The van der Waals surface area contributed by atoms with Crippen LogP contribution in [0.1, 0.15) is 33.4 Å². The molecule has 28 heavy (non-hydrogen) atoms. The van der Waals surface area contributed by atoms with Crippen LogP contribution in [0.5, 0.6) is 5.88 Å². The summed E-state index contributed by atoms with van der Waals surface area (Å²) in [6.45, 7) is 9.65. The summed E-state index contributed by atoms with van der Waals surface area (Å²) in [6.07, 6.45) is 1.28. The largest absolute Gasteiger partial charge is 0.493 e. The van der Waals surface area contributed by atoms with Gasteiger partial charge in [-0.1, -0.05) is 23.8 Å². The number of benzene rings is 2. The van der Waals surface area contributed by atoms with E-state index in [0.29, 0.717) is 11.4 Å². The van der Waals surface area contributed by atoms with Gasteiger partial charge in [-0.3, -0.25) is 14.8 Å². The van der Waals surface area contributed by atoms with Gasteiger partial charge in [0.2, 0.25) is 5.88 Å². The quantitative estimate of drug-likeness (QED) is 0.685. The molecule has 6 nitrogen and oxygen atoms in total. The van der Waals surface area contributed by atoms with Gasteiger partial charge in [-0.05, 0) is 69.0 Å². The molecule has 0 radical (unpaired) electrons. The lowest BCUT2D eigenvalue weighted by atomic mass is 10.0. The fraction of sp³-hybridized carbons (Fsp3) is 0.227. The number of hydrogen-bond donors (Lipinski definition) is 2. The van der Waals surface area contributed by atoms with Crippen molar-refractivity contribution in [2.45, 2.75) is 34.6 Å². The molecule has 0 spiro atoms. The van der Waals surface area contributed by atoms with E-state index in [1.807, 2.05) is 65.0 Å². The van der Waals surface area contributed by atoms with Gasteiger partial charge in [0.05, 0.1) is 11.4 Å². The highest BCUT2D eigenvalue weighted by Crippen LogP contribution is 2.24. The Balaban J connectivity index is 2.19. The van der Waals surface area contributed by atoms with E-state index in [-0.39, 0.29) is 5.56 Å². The minimum atomic E-state index is -0.694. The van der Waals surface area contributed by atoms with Gasteiger partial charge in [0.1, 0.15) is 5.56 Å². The maximum Gasteiger partial charge on any atom is 0.335 e. The predicted molar refractivity (Wildman–Crippen MR) is 112 cm³/mol. The second-order valence-electron chi connectivity index (χ2n) is 7.11. The smallest absolute Gasteiger partial charge is 0.335 e. The molecule has 0 amide bonds. The Morgan fingerprint density at radius 2 is 1.57 bits per heavy atom. The third-order valence-corrected chi connectivity index (χ3v) is 4.81. The van der Waals surface area contributed by atoms with Crippen LogP contribution in [-0.4, -0.2) is 20.9 Å². The number of rotatable bonds is 3. The Bertz CT molecular complexity index is 1190. The highest BCUT2D eigenvalue weighted by atomic mass is 16.3. The number of aromatic amines is 1. The van der Waals surface area contributed by atoms with Crippen LogP contribution in [0.15, 0.2) is 44.9 Å². The molecule has 0 saturated carbocycles. The second kappa shape index (κ2) is 7.31. The van der Waals surface area contributed by atoms with Crippen LogP contribution in [0.3, 0.4) is 0 Å². The van der Waals surface area contributed by atoms with E-state index in [9.17, 15) is 14.7 Å². The maximum absolute atomic E-state index is 12.5. The average Bonchev–Trinajstić information content (AvgIpc) is 2.59. The minimum absolute atomic E-state index is 0.0720. The van der Waals surface area contributed by atoms with Gasteiger partial charge >= 0.3 is 5.69 Å². The van der Waals surface area contributed by atoms with Gasteiger partial charge in [-0.25, -0.2) is 9.36 Å². The fourth-order valence-electron chi connectivity index (χ4n) is 3.33. The first-order valence-electron chi connectivity index (χ1n) is 8.97. The number of aromatic nitrogens is 2. The number of nitrogens with zero attached hydrogens (tertiary/aromatic N) is 2. The van der Waals surface area contributed by atoms with Crippen molar-refractivity contribution in [1.29, 1.82) is 0 Å². The zero-order valence-electron chi connectivity index (χ0n) is 16.6. The number of hydrogen-bond acceptors (Lipinski definition) is 4. The number of aryl methyl sites for hydroxylation is 5. The van der Waals surface area contributed by atoms with Crippen molar-refractivity contribution in [2.24, 2.45) is 4.99 Å². The molecule has 0 aliphatic carbocycles. The lowest BCUT2D eigenvalue weighted by Gasteiger charge is -2.15. The molecule has 144 valence electrons. The van der Waals surface area contributed by atoms with Crippen LogP contribution < -0.4 is 11.2 Å². The lowest BCUT2D eigenvalue weighted by Crippen LogP contribution is -2.32. The summed E-state index contributed by atoms with van der Waals surface area (Å²) in [4.78, 5) is 31.3. The molecule has 1 heterocycles. The summed E-state index contributed by atoms with van der Waals surface area (Å²) >= 11 is 0. The molecule has 0 aliphatic heterocycles. The fourth-order valence-corrected chi connectivity index (χ4v) is 3.33. The summed E-state index contributed by atoms with van der Waals surface area (Å²) in [5.41, 5.74) is 4.65. The molecular weight excluding hydrogens is 354 g/mol. The average molecular weight is 377 g/mol. The standard InChI is InChI=1S/C22H23N3O3/c1-12-8-15(4)19(16(5)9-12)25-21(27)18(20(26)24-22(25)28)11-23-17-7-6-13(2)14(3)10-17/h6-11,27H,1-5H3,(H,24,26,28). The van der Waals surface area contributed by atoms with Crippen LogP contribution in [0, 0.1) is 34.6 Å². The molecule has 2 aromatic carbocycles. The molecule has 0 atom stereocenters. The normalized spacial score (nSPS) is 11.3. The Morgan fingerprint density at radius 3 is 2.18 bits per heavy atom. The SMILES string of the molecule is Cc1cc(C)c(-n2c(O)c(C=Nc3ccc(C)c(C)c3)c(=O)[nH]c2=O)c(C)c1. The summed E-state index contributed by atoms with van der Waals surface area (Å²) in [5.74, 6) is -0.434. The van der Waals surface area contributed by atoms with Crippen LogP contribution in [-0.2, 0) is 0 Å². The third-order valence-electron chi connectivity index (χ3n) is 4.81. The van der Waals surface area contributed by atoms with E-state index < -0.39 is 17.1 Å². The lowest BCUT2D eigenvalue weighted by molar-refractivity contribution is 0.429. The maximum atomic E-state index is 12.5. The zero-order valence-corrected chi connectivity index (χ0v) is 16.6. The van der Waals surface area contributed by atoms with Crippen molar-refractivity contribution in [1.82, 2.24) is 9.55 Å². The molecule has 0 aliphatic rings. The molecule has 3 rings (SSSR count). The molecule has 3 aromatic rings. The molecular formula is C22H23N3O3. The van der Waals surface area contributed by atoms with E-state index in [1.165, 1.54) is 6.21 Å². The first-order valence-corrected chi connectivity index (χ1v) is 8.97. The van der Waals surface area contributed by atoms with Crippen molar-refractivity contribution in [3.05, 3.63) is 84.6 Å². The van der Waals surface area contributed by atoms with Crippen LogP contribution >= 0.6 is 0 Å². The molecule has 0 unspecified atom stereocenters. The molecule has 0 bridgehead atoms. The molecule has 0 fully saturated rings. The van der Waals surface area contributed by atoms with Gasteiger partial charge in [-0.2, -0.15) is 0 Å². The van der Waals surface area contributed by atoms with Gasteiger partial charge in [0.15, 0.2) is 0 Å². The first kappa shape index (κ1) is 19.4. The predicted octanol–water partition coefficient (Wildman–Crippen LogP) is 3.52. The van der Waals surface area contributed by atoms with E-state index >= 15 is 0 Å². The van der Waals surface area contributed by atoms with Crippen molar-refractivity contribution in [2.75, 3.05) is 0 Å². The number of H-pyrrole nitrogens is 1. The Labute approximate surface area is 162 Å². The zero-order chi connectivity index (χ0) is 20.6. The van der Waals surface area contributed by atoms with Crippen LogP contribution in [0.2, 0.25) is 0 Å². The molecule has 6 heteroatoms. The Morgan fingerprint density at radius 1 is 0.929 bits per heavy atom. The second-order valence-corrected chi connectivity index (χ2v) is 7.11. The topological polar surface area (TPSA) is 87.4 Å². The minimum Gasteiger partial charge on any atom is -0.493 e. The van der Waals surface area contributed by atoms with Gasteiger partial charge in [0.25, 0.3) is 5.56 Å². The number of aliphatic imine (C=N–C) groups is 1.